The van der Waals surface area contributed by atoms with E-state index in [9.17, 15) is 4.79 Å². The number of nitrogens with one attached hydrogen (secondary N) is 1. The molecule has 15 heavy (non-hydrogen) atoms. The number of hydrogen-bond donors (Lipinski definition) is 3. The van der Waals surface area contributed by atoms with E-state index in [4.69, 9.17) is 11.5 Å². The first-order valence-corrected chi connectivity index (χ1v) is 4.94. The average Bonchev–Trinajstić information content (AvgIpc) is 2.20. The summed E-state index contributed by atoms with van der Waals surface area (Å²) in [5, 5.41) is 3.09. The van der Waals surface area contributed by atoms with Crippen LogP contribution in [0, 0.1) is 0 Å². The third-order valence-electron chi connectivity index (χ3n) is 2.04. The van der Waals surface area contributed by atoms with Crippen molar-refractivity contribution < 1.29 is 4.79 Å². The van der Waals surface area contributed by atoms with E-state index in [0.29, 0.717) is 17.1 Å². The smallest absolute Gasteiger partial charge is 0.250 e. The number of unbranched alkanes of at least 4 members (excludes halogenated alkanes) is 1. The Hall–Kier alpha value is -1.78. The van der Waals surface area contributed by atoms with Gasteiger partial charge in [0, 0.05) is 6.54 Å². The first-order chi connectivity index (χ1) is 7.15. The van der Waals surface area contributed by atoms with Crippen molar-refractivity contribution in [1.29, 1.82) is 0 Å². The number of amides is 1. The van der Waals surface area contributed by atoms with E-state index in [0.717, 1.165) is 19.4 Å². The summed E-state index contributed by atoms with van der Waals surface area (Å²) in [5.74, 6) is 0.0971. The molecule has 0 aliphatic heterocycles. The third kappa shape index (κ3) is 3.12. The van der Waals surface area contributed by atoms with Gasteiger partial charge in [-0.3, -0.25) is 4.79 Å². The number of anilines is 2. The van der Waals surface area contributed by atoms with E-state index in [1.165, 1.54) is 6.20 Å². The van der Waals surface area contributed by atoms with Gasteiger partial charge in [-0.15, -0.1) is 0 Å². The fraction of sp³-hybridized carbons (Fsp3) is 0.400. The summed E-state index contributed by atoms with van der Waals surface area (Å²) >= 11 is 0. The summed E-state index contributed by atoms with van der Waals surface area (Å²) in [6.45, 7) is 2.93. The lowest BCUT2D eigenvalue weighted by molar-refractivity contribution is 0.100. The van der Waals surface area contributed by atoms with Gasteiger partial charge >= 0.3 is 0 Å². The number of nitrogens with two attached hydrogens (primary N) is 2. The number of carbonyl (C=O) groups excluding carboxylic acids is 1. The molecule has 0 spiro atoms. The summed E-state index contributed by atoms with van der Waals surface area (Å²) < 4.78 is 0. The molecule has 1 rings (SSSR count). The minimum Gasteiger partial charge on any atom is -0.397 e. The van der Waals surface area contributed by atoms with Crippen LogP contribution in [0.3, 0.4) is 0 Å². The van der Waals surface area contributed by atoms with Gasteiger partial charge in [-0.05, 0) is 12.5 Å². The van der Waals surface area contributed by atoms with E-state index in [1.807, 2.05) is 0 Å². The van der Waals surface area contributed by atoms with Gasteiger partial charge in [-0.25, -0.2) is 4.98 Å². The minimum absolute atomic E-state index is 0.309. The first kappa shape index (κ1) is 11.3. The Morgan fingerprint density at radius 2 is 2.33 bits per heavy atom. The Balaban J connectivity index is 2.74. The van der Waals surface area contributed by atoms with Gasteiger partial charge in [0.15, 0.2) is 0 Å². The zero-order valence-corrected chi connectivity index (χ0v) is 8.79. The Morgan fingerprint density at radius 3 is 2.93 bits per heavy atom. The number of carbonyl (C=O) groups is 1. The highest BCUT2D eigenvalue weighted by molar-refractivity contribution is 5.98. The SMILES string of the molecule is CCCCNc1cc(C(N)=O)c(N)cn1. The lowest BCUT2D eigenvalue weighted by Crippen LogP contribution is -2.15. The van der Waals surface area contributed by atoms with Crippen LogP contribution in [0.15, 0.2) is 12.3 Å². The Labute approximate surface area is 88.9 Å². The largest absolute Gasteiger partial charge is 0.397 e. The predicted octanol–water partition coefficient (Wildman–Crippen LogP) is 0.975. The molecule has 0 unspecified atom stereocenters. The Morgan fingerprint density at radius 1 is 1.60 bits per heavy atom. The Kier molecular flexibility index (Phi) is 3.91. The van der Waals surface area contributed by atoms with Gasteiger partial charge in [0.2, 0.25) is 0 Å². The van der Waals surface area contributed by atoms with E-state index >= 15 is 0 Å². The van der Waals surface area contributed by atoms with Crippen LogP contribution < -0.4 is 16.8 Å². The van der Waals surface area contributed by atoms with Crippen molar-refractivity contribution in [3.8, 4) is 0 Å². The lowest BCUT2D eigenvalue weighted by atomic mass is 10.2. The number of pyridine rings is 1. The van der Waals surface area contributed by atoms with Crippen molar-refractivity contribution in [3.63, 3.8) is 0 Å². The van der Waals surface area contributed by atoms with Crippen molar-refractivity contribution in [2.24, 2.45) is 5.73 Å². The molecule has 0 aliphatic carbocycles. The van der Waals surface area contributed by atoms with Crippen molar-refractivity contribution >= 4 is 17.4 Å². The summed E-state index contributed by atoms with van der Waals surface area (Å²) in [7, 11) is 0. The molecular formula is C10H16N4O. The van der Waals surface area contributed by atoms with Crippen LogP contribution in [-0.4, -0.2) is 17.4 Å². The molecule has 5 heteroatoms. The molecule has 5 nitrogen and oxygen atoms in total. The average molecular weight is 208 g/mol. The highest BCUT2D eigenvalue weighted by atomic mass is 16.1. The molecular weight excluding hydrogens is 192 g/mol. The second kappa shape index (κ2) is 5.19. The van der Waals surface area contributed by atoms with Crippen LogP contribution in [0.25, 0.3) is 0 Å². The van der Waals surface area contributed by atoms with Gasteiger partial charge in [-0.1, -0.05) is 13.3 Å². The normalized spacial score (nSPS) is 9.93. The monoisotopic (exact) mass is 208 g/mol. The molecule has 1 aromatic heterocycles. The molecule has 5 N–H and O–H groups in total. The third-order valence-corrected chi connectivity index (χ3v) is 2.04. The summed E-state index contributed by atoms with van der Waals surface area (Å²) in [4.78, 5) is 15.0. The first-order valence-electron chi connectivity index (χ1n) is 4.94. The second-order valence-electron chi connectivity index (χ2n) is 3.30. The van der Waals surface area contributed by atoms with E-state index < -0.39 is 5.91 Å². The van der Waals surface area contributed by atoms with Gasteiger partial charge < -0.3 is 16.8 Å². The zero-order valence-electron chi connectivity index (χ0n) is 8.79. The van der Waals surface area contributed by atoms with Gasteiger partial charge in [-0.2, -0.15) is 0 Å². The second-order valence-corrected chi connectivity index (χ2v) is 3.30. The maximum atomic E-state index is 11.0. The van der Waals surface area contributed by atoms with Crippen LogP contribution in [0.1, 0.15) is 30.1 Å². The van der Waals surface area contributed by atoms with E-state index in [2.05, 4.69) is 17.2 Å². The van der Waals surface area contributed by atoms with Crippen molar-refractivity contribution in [1.82, 2.24) is 4.98 Å². The van der Waals surface area contributed by atoms with E-state index in [1.54, 1.807) is 6.07 Å². The summed E-state index contributed by atoms with van der Waals surface area (Å²) in [6, 6.07) is 1.58. The maximum Gasteiger partial charge on any atom is 0.250 e. The molecule has 1 amide bonds. The molecule has 1 aromatic rings. The number of rotatable bonds is 5. The summed E-state index contributed by atoms with van der Waals surface area (Å²) in [6.07, 6.45) is 3.59. The van der Waals surface area contributed by atoms with E-state index in [-0.39, 0.29) is 0 Å². The van der Waals surface area contributed by atoms with Gasteiger partial charge in [0.1, 0.15) is 5.82 Å². The summed E-state index contributed by atoms with van der Waals surface area (Å²) in [5.41, 5.74) is 11.3. The van der Waals surface area contributed by atoms with Crippen LogP contribution >= 0.6 is 0 Å². The van der Waals surface area contributed by atoms with Crippen molar-refractivity contribution in [2.75, 3.05) is 17.6 Å². The van der Waals surface area contributed by atoms with Crippen LogP contribution in [-0.2, 0) is 0 Å². The highest BCUT2D eigenvalue weighted by Crippen LogP contribution is 2.13. The lowest BCUT2D eigenvalue weighted by Gasteiger charge is -2.07. The van der Waals surface area contributed by atoms with Gasteiger partial charge in [0.25, 0.3) is 5.91 Å². The zero-order chi connectivity index (χ0) is 11.3. The topological polar surface area (TPSA) is 94.0 Å². The number of aromatic nitrogens is 1. The van der Waals surface area contributed by atoms with Crippen molar-refractivity contribution in [2.45, 2.75) is 19.8 Å². The fourth-order valence-corrected chi connectivity index (χ4v) is 1.17. The Bertz CT molecular complexity index is 351. The molecule has 1 heterocycles. The number of primary amides is 1. The molecule has 0 aliphatic rings. The molecule has 0 saturated carbocycles. The number of nitrogens with zero attached hydrogens (tertiary/aromatic N) is 1. The number of nitrogen functional groups attached to an aromatic ring is 1. The molecule has 0 radical (unpaired) electrons. The molecule has 0 bridgehead atoms. The molecule has 0 atom stereocenters. The standard InChI is InChI=1S/C10H16N4O/c1-2-3-4-13-9-5-7(10(12)15)8(11)6-14-9/h5-6H,2-4,11H2,1H3,(H2,12,15)(H,13,14). The highest BCUT2D eigenvalue weighted by Gasteiger charge is 2.07. The maximum absolute atomic E-state index is 11.0. The quantitative estimate of drug-likeness (QED) is 0.628. The molecule has 0 aromatic carbocycles. The fourth-order valence-electron chi connectivity index (χ4n) is 1.17. The van der Waals surface area contributed by atoms with Crippen LogP contribution in [0.4, 0.5) is 11.5 Å². The van der Waals surface area contributed by atoms with Crippen LogP contribution in [0.5, 0.6) is 0 Å². The predicted molar refractivity (Wildman–Crippen MR) is 60.6 cm³/mol. The molecule has 0 saturated heterocycles. The number of hydrogen-bond acceptors (Lipinski definition) is 4. The molecule has 0 fully saturated rings. The minimum atomic E-state index is -0.534. The molecule has 82 valence electrons. The van der Waals surface area contributed by atoms with Crippen LogP contribution in [0.2, 0.25) is 0 Å². The van der Waals surface area contributed by atoms with Crippen molar-refractivity contribution in [3.05, 3.63) is 17.8 Å². The van der Waals surface area contributed by atoms with Gasteiger partial charge in [0.05, 0.1) is 17.4 Å².